The number of likely N-dealkylation sites (tertiary alicyclic amines) is 1. The molecule has 2 fully saturated rings. The average Bonchev–Trinajstić information content (AvgIpc) is 3.23. The van der Waals surface area contributed by atoms with Crippen LogP contribution >= 0.6 is 0 Å². The van der Waals surface area contributed by atoms with Gasteiger partial charge in [-0.15, -0.1) is 0 Å². The molecular formula is C18H20N2O3. The van der Waals surface area contributed by atoms with Gasteiger partial charge in [0.1, 0.15) is 0 Å². The second-order valence-corrected chi connectivity index (χ2v) is 6.81. The Morgan fingerprint density at radius 1 is 1.22 bits per heavy atom. The molecule has 1 aromatic carbocycles. The van der Waals surface area contributed by atoms with Gasteiger partial charge in [-0.3, -0.25) is 14.4 Å². The second-order valence-electron chi connectivity index (χ2n) is 6.81. The Morgan fingerprint density at radius 3 is 2.83 bits per heavy atom. The normalized spacial score (nSPS) is 23.3. The van der Waals surface area contributed by atoms with Gasteiger partial charge < -0.3 is 10.2 Å². The molecule has 4 rings (SSSR count). The molecule has 1 saturated carbocycles. The number of Topliss-reactive ketones (excluding diaryl/α,β-unsaturated/α-hetero) is 1. The van der Waals surface area contributed by atoms with Gasteiger partial charge in [-0.25, -0.2) is 0 Å². The van der Waals surface area contributed by atoms with E-state index >= 15 is 0 Å². The monoisotopic (exact) mass is 312 g/mol. The fraction of sp³-hybridized carbons (Fsp3) is 0.500. The van der Waals surface area contributed by atoms with Crippen LogP contribution in [-0.4, -0.2) is 41.6 Å². The predicted octanol–water partition coefficient (Wildman–Crippen LogP) is 1.56. The summed E-state index contributed by atoms with van der Waals surface area (Å²) in [6.07, 6.45) is 3.91. The van der Waals surface area contributed by atoms with Crippen LogP contribution in [-0.2, 0) is 11.2 Å². The lowest BCUT2D eigenvalue weighted by Gasteiger charge is -2.16. The number of nitrogens with zero attached hydrogens (tertiary/aromatic N) is 1. The van der Waals surface area contributed by atoms with Crippen molar-refractivity contribution in [1.82, 2.24) is 10.2 Å². The van der Waals surface area contributed by atoms with E-state index in [9.17, 15) is 14.4 Å². The van der Waals surface area contributed by atoms with Crippen molar-refractivity contribution in [3.63, 3.8) is 0 Å². The number of ketones is 1. The minimum absolute atomic E-state index is 0.121. The molecule has 1 heterocycles. The summed E-state index contributed by atoms with van der Waals surface area (Å²) in [7, 11) is 0. The maximum Gasteiger partial charge on any atom is 0.251 e. The highest BCUT2D eigenvalue weighted by atomic mass is 16.2. The number of hydrogen-bond donors (Lipinski definition) is 1. The summed E-state index contributed by atoms with van der Waals surface area (Å²) < 4.78 is 0. The Morgan fingerprint density at radius 2 is 2.04 bits per heavy atom. The minimum atomic E-state index is -0.131. The van der Waals surface area contributed by atoms with E-state index in [1.807, 2.05) is 4.90 Å². The molecule has 0 bridgehead atoms. The molecule has 2 aliphatic carbocycles. The molecule has 5 nitrogen and oxygen atoms in total. The zero-order chi connectivity index (χ0) is 16.0. The Kier molecular flexibility index (Phi) is 3.43. The fourth-order valence-corrected chi connectivity index (χ4v) is 3.72. The third kappa shape index (κ3) is 2.64. The van der Waals surface area contributed by atoms with Gasteiger partial charge in [0.25, 0.3) is 5.91 Å². The highest BCUT2D eigenvalue weighted by Gasteiger charge is 2.39. The summed E-state index contributed by atoms with van der Waals surface area (Å²) >= 11 is 0. The predicted molar refractivity (Wildman–Crippen MR) is 84.3 cm³/mol. The standard InChI is InChI=1S/C18H20N2O3/c21-16-7-6-13-14(16)2-1-3-15(13)18(23)19-9-11-8-17(22)20(10-11)12-4-5-12/h1-3,11-12H,4-10H2,(H,19,23)/t11-/m1/s1. The van der Waals surface area contributed by atoms with Crippen LogP contribution in [0.15, 0.2) is 18.2 Å². The maximum absolute atomic E-state index is 12.5. The van der Waals surface area contributed by atoms with E-state index in [-0.39, 0.29) is 23.5 Å². The zero-order valence-electron chi connectivity index (χ0n) is 13.0. The van der Waals surface area contributed by atoms with Crippen molar-refractivity contribution in [3.8, 4) is 0 Å². The van der Waals surface area contributed by atoms with Crippen LogP contribution in [0.25, 0.3) is 0 Å². The first kappa shape index (κ1) is 14.4. The van der Waals surface area contributed by atoms with Gasteiger partial charge in [0.15, 0.2) is 5.78 Å². The molecule has 23 heavy (non-hydrogen) atoms. The molecule has 1 atom stereocenters. The molecule has 120 valence electrons. The molecule has 0 radical (unpaired) electrons. The first-order chi connectivity index (χ1) is 11.1. The molecule has 3 aliphatic rings. The van der Waals surface area contributed by atoms with Crippen molar-refractivity contribution >= 4 is 17.6 Å². The van der Waals surface area contributed by atoms with E-state index in [1.165, 1.54) is 0 Å². The van der Waals surface area contributed by atoms with Crippen LogP contribution in [0, 0.1) is 5.92 Å². The number of rotatable bonds is 4. The van der Waals surface area contributed by atoms with Crippen molar-refractivity contribution in [2.24, 2.45) is 5.92 Å². The van der Waals surface area contributed by atoms with E-state index in [0.29, 0.717) is 43.0 Å². The number of fused-ring (bicyclic) bond motifs is 1. The van der Waals surface area contributed by atoms with Gasteiger partial charge in [-0.2, -0.15) is 0 Å². The summed E-state index contributed by atoms with van der Waals surface area (Å²) in [4.78, 5) is 38.1. The van der Waals surface area contributed by atoms with Crippen molar-refractivity contribution in [3.05, 3.63) is 34.9 Å². The summed E-state index contributed by atoms with van der Waals surface area (Å²) in [5.74, 6) is 0.411. The van der Waals surface area contributed by atoms with Gasteiger partial charge in [-0.05, 0) is 30.9 Å². The molecule has 0 aromatic heterocycles. The first-order valence-electron chi connectivity index (χ1n) is 8.36. The molecule has 5 heteroatoms. The van der Waals surface area contributed by atoms with E-state index in [0.717, 1.165) is 24.9 Å². The third-order valence-corrected chi connectivity index (χ3v) is 5.10. The third-order valence-electron chi connectivity index (χ3n) is 5.10. The van der Waals surface area contributed by atoms with Crippen LogP contribution in [0.4, 0.5) is 0 Å². The van der Waals surface area contributed by atoms with Crippen LogP contribution in [0.5, 0.6) is 0 Å². The number of carbonyl (C=O) groups is 3. The second kappa shape index (κ2) is 5.48. The molecule has 2 amide bonds. The smallest absolute Gasteiger partial charge is 0.251 e. The molecule has 0 unspecified atom stereocenters. The fourth-order valence-electron chi connectivity index (χ4n) is 3.72. The lowest BCUT2D eigenvalue weighted by molar-refractivity contribution is -0.128. The highest BCUT2D eigenvalue weighted by Crippen LogP contribution is 2.32. The van der Waals surface area contributed by atoms with Gasteiger partial charge in [0, 0.05) is 49.0 Å². The number of hydrogen-bond acceptors (Lipinski definition) is 3. The van der Waals surface area contributed by atoms with E-state index < -0.39 is 0 Å². The van der Waals surface area contributed by atoms with E-state index in [4.69, 9.17) is 0 Å². The molecule has 1 aromatic rings. The lowest BCUT2D eigenvalue weighted by Crippen LogP contribution is -2.32. The van der Waals surface area contributed by atoms with Crippen LogP contribution in [0.1, 0.15) is 52.0 Å². The lowest BCUT2D eigenvalue weighted by atomic mass is 10.0. The summed E-state index contributed by atoms with van der Waals surface area (Å²) in [5.41, 5.74) is 2.17. The maximum atomic E-state index is 12.5. The number of amides is 2. The van der Waals surface area contributed by atoms with Gasteiger partial charge in [-0.1, -0.05) is 12.1 Å². The van der Waals surface area contributed by atoms with Crippen LogP contribution in [0.2, 0.25) is 0 Å². The van der Waals surface area contributed by atoms with Crippen molar-refractivity contribution in [1.29, 1.82) is 0 Å². The average molecular weight is 312 g/mol. The Hall–Kier alpha value is -2.17. The van der Waals surface area contributed by atoms with Crippen LogP contribution in [0.3, 0.4) is 0 Å². The number of benzene rings is 1. The van der Waals surface area contributed by atoms with Crippen molar-refractivity contribution < 1.29 is 14.4 Å². The summed E-state index contributed by atoms with van der Waals surface area (Å²) in [6, 6.07) is 5.80. The Bertz CT molecular complexity index is 694. The van der Waals surface area contributed by atoms with E-state index in [2.05, 4.69) is 5.32 Å². The van der Waals surface area contributed by atoms with Gasteiger partial charge in [0.2, 0.25) is 5.91 Å². The molecule has 1 saturated heterocycles. The van der Waals surface area contributed by atoms with Crippen molar-refractivity contribution in [2.75, 3.05) is 13.1 Å². The molecule has 1 aliphatic heterocycles. The van der Waals surface area contributed by atoms with Crippen molar-refractivity contribution in [2.45, 2.75) is 38.1 Å². The van der Waals surface area contributed by atoms with E-state index in [1.54, 1.807) is 18.2 Å². The topological polar surface area (TPSA) is 66.5 Å². The largest absolute Gasteiger partial charge is 0.352 e. The van der Waals surface area contributed by atoms with Gasteiger partial charge in [0.05, 0.1) is 0 Å². The number of carbonyl (C=O) groups excluding carboxylic acids is 3. The van der Waals surface area contributed by atoms with Gasteiger partial charge >= 0.3 is 0 Å². The summed E-state index contributed by atoms with van der Waals surface area (Å²) in [5, 5.41) is 2.96. The molecular weight excluding hydrogens is 292 g/mol. The number of nitrogens with one attached hydrogen (secondary N) is 1. The SMILES string of the molecule is O=C1CCc2c1cccc2C(=O)NC[C@H]1CC(=O)N(C2CC2)C1. The quantitative estimate of drug-likeness (QED) is 0.917. The first-order valence-corrected chi connectivity index (χ1v) is 8.36. The molecule has 0 spiro atoms. The summed E-state index contributed by atoms with van der Waals surface area (Å²) in [6.45, 7) is 1.28. The molecule has 1 N–H and O–H groups in total. The Labute approximate surface area is 135 Å². The van der Waals surface area contributed by atoms with Crippen LogP contribution < -0.4 is 5.32 Å². The zero-order valence-corrected chi connectivity index (χ0v) is 13.0. The highest BCUT2D eigenvalue weighted by molar-refractivity contribution is 6.05. The minimum Gasteiger partial charge on any atom is -0.352 e. The Balaban J connectivity index is 1.40.